The molecule has 18 heavy (non-hydrogen) atoms. The van der Waals surface area contributed by atoms with Crippen LogP contribution >= 0.6 is 35.1 Å². The first-order valence-electron chi connectivity index (χ1n) is 5.22. The van der Waals surface area contributed by atoms with Gasteiger partial charge in [0, 0.05) is 10.5 Å². The summed E-state index contributed by atoms with van der Waals surface area (Å²) in [5.41, 5.74) is 0.750. The smallest absolute Gasteiger partial charge is 0.236 e. The third-order valence-electron chi connectivity index (χ3n) is 2.00. The molecular formula is C12H13Cl2N3S. The van der Waals surface area contributed by atoms with Crippen LogP contribution in [0.25, 0.3) is 0 Å². The molecule has 1 N–H and O–H groups in total. The van der Waals surface area contributed by atoms with E-state index in [2.05, 4.69) is 27.8 Å². The van der Waals surface area contributed by atoms with Crippen molar-refractivity contribution >= 4 is 41.1 Å². The fourth-order valence-electron chi connectivity index (χ4n) is 1.13. The number of nitrogens with zero attached hydrogens (tertiary/aromatic N) is 2. The van der Waals surface area contributed by atoms with E-state index in [-0.39, 0.29) is 0 Å². The molecule has 1 aromatic heterocycles. The van der Waals surface area contributed by atoms with Crippen molar-refractivity contribution < 1.29 is 0 Å². The summed E-state index contributed by atoms with van der Waals surface area (Å²) in [5, 5.41) is 0.738. The summed E-state index contributed by atoms with van der Waals surface area (Å²) in [7, 11) is 0. The molecule has 0 aliphatic rings. The second-order valence-corrected chi connectivity index (χ2v) is 4.77. The molecule has 0 bridgehead atoms. The first-order valence-corrected chi connectivity index (χ1v) is 6.79. The second-order valence-electron chi connectivity index (χ2n) is 3.17. The zero-order valence-corrected chi connectivity index (χ0v) is 12.2. The third kappa shape index (κ3) is 4.05. The SMILES string of the molecule is C=C/C=C(\C=C)SNc1nc(Cl)c(CC)c(Cl)n1. The van der Waals surface area contributed by atoms with Crippen molar-refractivity contribution in [2.24, 2.45) is 0 Å². The zero-order chi connectivity index (χ0) is 13.5. The van der Waals surface area contributed by atoms with Gasteiger partial charge in [-0.3, -0.25) is 4.72 Å². The molecule has 0 aromatic carbocycles. The van der Waals surface area contributed by atoms with Crippen molar-refractivity contribution in [1.29, 1.82) is 0 Å². The number of allylic oxidation sites excluding steroid dienone is 3. The lowest BCUT2D eigenvalue weighted by Crippen LogP contribution is -1.99. The highest BCUT2D eigenvalue weighted by molar-refractivity contribution is 8.04. The third-order valence-corrected chi connectivity index (χ3v) is 3.45. The van der Waals surface area contributed by atoms with Crippen LogP contribution in [-0.2, 0) is 6.42 Å². The summed E-state index contributed by atoms with van der Waals surface area (Å²) in [6.45, 7) is 9.25. The molecule has 0 saturated carbocycles. The van der Waals surface area contributed by atoms with Gasteiger partial charge in [0.1, 0.15) is 10.3 Å². The van der Waals surface area contributed by atoms with Crippen molar-refractivity contribution in [3.05, 3.63) is 52.2 Å². The van der Waals surface area contributed by atoms with Crippen LogP contribution in [-0.4, -0.2) is 9.97 Å². The van der Waals surface area contributed by atoms with Gasteiger partial charge in [0.05, 0.1) is 0 Å². The Morgan fingerprint density at radius 1 is 1.33 bits per heavy atom. The van der Waals surface area contributed by atoms with Crippen molar-refractivity contribution in [1.82, 2.24) is 9.97 Å². The number of hydrogen-bond acceptors (Lipinski definition) is 4. The highest BCUT2D eigenvalue weighted by Crippen LogP contribution is 2.25. The monoisotopic (exact) mass is 301 g/mol. The predicted molar refractivity (Wildman–Crippen MR) is 81.1 cm³/mol. The van der Waals surface area contributed by atoms with Crippen LogP contribution in [0.2, 0.25) is 10.3 Å². The summed E-state index contributed by atoms with van der Waals surface area (Å²) >= 11 is 13.3. The lowest BCUT2D eigenvalue weighted by molar-refractivity contribution is 1.05. The minimum absolute atomic E-state index is 0.365. The largest absolute Gasteiger partial charge is 0.294 e. The van der Waals surface area contributed by atoms with Crippen LogP contribution in [0.15, 0.2) is 36.3 Å². The van der Waals surface area contributed by atoms with E-state index < -0.39 is 0 Å². The Kier molecular flexibility index (Phi) is 6.25. The number of nitrogens with one attached hydrogen (secondary N) is 1. The first kappa shape index (κ1) is 15.1. The molecule has 6 heteroatoms. The van der Waals surface area contributed by atoms with Gasteiger partial charge in [-0.2, -0.15) is 0 Å². The molecule has 1 heterocycles. The van der Waals surface area contributed by atoms with Crippen molar-refractivity contribution in [2.75, 3.05) is 4.72 Å². The average Bonchev–Trinajstić information content (AvgIpc) is 2.34. The van der Waals surface area contributed by atoms with Gasteiger partial charge >= 0.3 is 0 Å². The van der Waals surface area contributed by atoms with Crippen LogP contribution in [0.3, 0.4) is 0 Å². The number of halogens is 2. The van der Waals surface area contributed by atoms with Gasteiger partial charge in [-0.05, 0) is 24.4 Å². The minimum Gasteiger partial charge on any atom is -0.294 e. The Hall–Kier alpha value is -0.970. The van der Waals surface area contributed by atoms with E-state index in [4.69, 9.17) is 23.2 Å². The van der Waals surface area contributed by atoms with Crippen LogP contribution in [0.1, 0.15) is 12.5 Å². The van der Waals surface area contributed by atoms with Crippen LogP contribution in [0.4, 0.5) is 5.95 Å². The van der Waals surface area contributed by atoms with Gasteiger partial charge in [0.15, 0.2) is 0 Å². The molecule has 0 spiro atoms. The fraction of sp³-hybridized carbons (Fsp3) is 0.167. The number of aromatic nitrogens is 2. The lowest BCUT2D eigenvalue weighted by atomic mass is 10.3. The molecule has 1 aromatic rings. The van der Waals surface area contributed by atoms with E-state index in [0.717, 1.165) is 10.5 Å². The standard InChI is InChI=1S/C12H13Cl2N3S/c1-4-7-8(5-2)18-17-12-15-10(13)9(6-3)11(14)16-12/h4-5,7H,1-2,6H2,3H3,(H,15,16,17)/b8-7+. The Labute approximate surface area is 121 Å². The van der Waals surface area contributed by atoms with Gasteiger partial charge < -0.3 is 0 Å². The summed E-state index contributed by atoms with van der Waals surface area (Å²) in [6.07, 6.45) is 5.88. The summed E-state index contributed by atoms with van der Waals surface area (Å²) in [4.78, 5) is 9.13. The Balaban J connectivity index is 2.83. The molecule has 0 amide bonds. The van der Waals surface area contributed by atoms with Crippen molar-refractivity contribution in [2.45, 2.75) is 13.3 Å². The normalized spacial score (nSPS) is 11.2. The molecule has 0 aliphatic heterocycles. The number of rotatable bonds is 6. The van der Waals surface area contributed by atoms with E-state index in [1.165, 1.54) is 11.9 Å². The molecular weight excluding hydrogens is 289 g/mol. The first-order chi connectivity index (χ1) is 8.62. The highest BCUT2D eigenvalue weighted by Gasteiger charge is 2.09. The Morgan fingerprint density at radius 2 is 1.94 bits per heavy atom. The van der Waals surface area contributed by atoms with Crippen molar-refractivity contribution in [3.8, 4) is 0 Å². The molecule has 0 saturated heterocycles. The molecule has 1 rings (SSSR count). The van der Waals surface area contributed by atoms with Gasteiger partial charge in [0.25, 0.3) is 0 Å². The lowest BCUT2D eigenvalue weighted by Gasteiger charge is -2.07. The van der Waals surface area contributed by atoms with E-state index >= 15 is 0 Å². The van der Waals surface area contributed by atoms with Gasteiger partial charge in [0.2, 0.25) is 5.95 Å². The molecule has 3 nitrogen and oxygen atoms in total. The maximum absolute atomic E-state index is 6.01. The quantitative estimate of drug-likeness (QED) is 0.471. The second kappa shape index (κ2) is 7.46. The van der Waals surface area contributed by atoms with Gasteiger partial charge in [-0.25, -0.2) is 9.97 Å². The number of anilines is 1. The zero-order valence-electron chi connectivity index (χ0n) is 9.91. The van der Waals surface area contributed by atoms with Crippen molar-refractivity contribution in [3.63, 3.8) is 0 Å². The Bertz CT molecular complexity index is 463. The van der Waals surface area contributed by atoms with Crippen LogP contribution < -0.4 is 4.72 Å². The molecule has 96 valence electrons. The maximum atomic E-state index is 6.01. The summed E-state index contributed by atoms with van der Waals surface area (Å²) in [5.74, 6) is 0.365. The predicted octanol–water partition coefficient (Wildman–Crippen LogP) is 4.66. The molecule has 0 fully saturated rings. The minimum atomic E-state index is 0.365. The average molecular weight is 302 g/mol. The molecule has 0 aliphatic carbocycles. The van der Waals surface area contributed by atoms with Crippen LogP contribution in [0.5, 0.6) is 0 Å². The summed E-state index contributed by atoms with van der Waals surface area (Å²) in [6, 6.07) is 0. The maximum Gasteiger partial charge on any atom is 0.236 e. The number of hydrogen-bond donors (Lipinski definition) is 1. The van der Waals surface area contributed by atoms with E-state index in [1.807, 2.05) is 13.0 Å². The van der Waals surface area contributed by atoms with E-state index in [0.29, 0.717) is 22.7 Å². The van der Waals surface area contributed by atoms with E-state index in [1.54, 1.807) is 12.2 Å². The topological polar surface area (TPSA) is 37.8 Å². The molecule has 0 unspecified atom stereocenters. The molecule has 0 atom stereocenters. The van der Waals surface area contributed by atoms with Gasteiger partial charge in [-0.15, -0.1) is 0 Å². The molecule has 0 radical (unpaired) electrons. The highest BCUT2D eigenvalue weighted by atomic mass is 35.5. The summed E-state index contributed by atoms with van der Waals surface area (Å²) < 4.78 is 2.95. The van der Waals surface area contributed by atoms with Gasteiger partial charge in [-0.1, -0.05) is 55.4 Å². The fourth-order valence-corrected chi connectivity index (χ4v) is 2.34. The van der Waals surface area contributed by atoms with Crippen LogP contribution in [0, 0.1) is 0 Å². The van der Waals surface area contributed by atoms with E-state index in [9.17, 15) is 0 Å². The Morgan fingerprint density at radius 3 is 2.39 bits per heavy atom.